The number of aromatic nitrogens is 4. The van der Waals surface area contributed by atoms with Crippen molar-refractivity contribution in [2.45, 2.75) is 76.0 Å². The number of hydrogen-bond donors (Lipinski definition) is 4. The van der Waals surface area contributed by atoms with E-state index in [4.69, 9.17) is 32.3 Å². The number of rotatable bonds is 9. The van der Waals surface area contributed by atoms with Gasteiger partial charge in [0.2, 0.25) is 5.95 Å². The van der Waals surface area contributed by atoms with Crippen molar-refractivity contribution in [2.24, 2.45) is 5.73 Å². The minimum Gasteiger partial charge on any atom is -0.367 e. The highest BCUT2D eigenvalue weighted by atomic mass is 35.5. The molecular weight excluding hydrogens is 448 g/mol. The Morgan fingerprint density at radius 3 is 2.50 bits per heavy atom. The number of nitrogens with zero attached hydrogens (tertiary/aromatic N) is 4. The molecule has 9 heteroatoms. The highest BCUT2D eigenvalue weighted by Crippen LogP contribution is 2.33. The van der Waals surface area contributed by atoms with Gasteiger partial charge in [-0.15, -0.1) is 0 Å². The van der Waals surface area contributed by atoms with Gasteiger partial charge < -0.3 is 26.3 Å². The predicted molar refractivity (Wildman–Crippen MR) is 138 cm³/mol. The standard InChI is InChI=1S/C25H35ClN8/c26-18-7-5-17(6-8-18)15-28-13-14-29-23-22-24(34(16-30-22)21-3-1-2-4-21)33-25(32-23)31-20-11-9-19(27)10-12-20/h5-8,16,19-21,28H,1-4,9-15,27H2,(H2,29,31,32,33)/t19-,20-. The Morgan fingerprint density at radius 2 is 1.74 bits per heavy atom. The number of halogens is 1. The Balaban J connectivity index is 1.28. The monoisotopic (exact) mass is 482 g/mol. The topological polar surface area (TPSA) is 106 Å². The molecule has 2 fully saturated rings. The normalized spacial score (nSPS) is 21.2. The first-order valence-corrected chi connectivity index (χ1v) is 13.0. The fourth-order valence-electron chi connectivity index (χ4n) is 5.10. The molecule has 5 N–H and O–H groups in total. The number of benzene rings is 1. The predicted octanol–water partition coefficient (Wildman–Crippen LogP) is 4.48. The largest absolute Gasteiger partial charge is 0.367 e. The quantitative estimate of drug-likeness (QED) is 0.333. The average molecular weight is 483 g/mol. The molecule has 0 atom stereocenters. The molecule has 2 heterocycles. The van der Waals surface area contributed by atoms with E-state index in [0.29, 0.717) is 24.1 Å². The SMILES string of the molecule is N[C@H]1CC[C@H](Nc2nc(NCCNCc3ccc(Cl)cc3)c3ncn(C4CCCC4)c3n2)CC1. The Morgan fingerprint density at radius 1 is 0.971 bits per heavy atom. The zero-order chi connectivity index (χ0) is 23.3. The first-order valence-electron chi connectivity index (χ1n) is 12.6. The lowest BCUT2D eigenvalue weighted by molar-refractivity contribution is 0.410. The number of fused-ring (bicyclic) bond motifs is 1. The summed E-state index contributed by atoms with van der Waals surface area (Å²) in [5.41, 5.74) is 9.08. The van der Waals surface area contributed by atoms with Crippen molar-refractivity contribution in [1.82, 2.24) is 24.8 Å². The van der Waals surface area contributed by atoms with Gasteiger partial charge in [0.15, 0.2) is 17.0 Å². The van der Waals surface area contributed by atoms with E-state index in [-0.39, 0.29) is 0 Å². The van der Waals surface area contributed by atoms with Gasteiger partial charge in [-0.2, -0.15) is 9.97 Å². The zero-order valence-corrected chi connectivity index (χ0v) is 20.4. The molecule has 2 aliphatic rings. The lowest BCUT2D eigenvalue weighted by Gasteiger charge is -2.27. The van der Waals surface area contributed by atoms with Crippen LogP contribution in [-0.2, 0) is 6.54 Å². The average Bonchev–Trinajstić information content (AvgIpc) is 3.51. The first kappa shape index (κ1) is 23.3. The van der Waals surface area contributed by atoms with Crippen molar-refractivity contribution >= 4 is 34.5 Å². The van der Waals surface area contributed by atoms with Crippen LogP contribution in [0.3, 0.4) is 0 Å². The maximum Gasteiger partial charge on any atom is 0.227 e. The zero-order valence-electron chi connectivity index (χ0n) is 19.6. The second kappa shape index (κ2) is 10.9. The molecule has 0 bridgehead atoms. The Kier molecular flexibility index (Phi) is 7.47. The Bertz CT molecular complexity index is 1070. The van der Waals surface area contributed by atoms with E-state index in [9.17, 15) is 0 Å². The summed E-state index contributed by atoms with van der Waals surface area (Å²) in [6.45, 7) is 2.35. The van der Waals surface area contributed by atoms with E-state index >= 15 is 0 Å². The molecule has 3 aromatic rings. The van der Waals surface area contributed by atoms with Gasteiger partial charge in [0.05, 0.1) is 6.33 Å². The van der Waals surface area contributed by atoms with Crippen LogP contribution in [0.4, 0.5) is 11.8 Å². The van der Waals surface area contributed by atoms with Gasteiger partial charge in [0, 0.05) is 42.8 Å². The first-order chi connectivity index (χ1) is 16.7. The Hall–Kier alpha value is -2.42. The Labute approximate surface area is 206 Å². The summed E-state index contributed by atoms with van der Waals surface area (Å²) >= 11 is 5.97. The van der Waals surface area contributed by atoms with Crippen molar-refractivity contribution in [3.8, 4) is 0 Å². The van der Waals surface area contributed by atoms with Gasteiger partial charge in [-0.25, -0.2) is 4.98 Å². The van der Waals surface area contributed by atoms with E-state index < -0.39 is 0 Å². The fourth-order valence-corrected chi connectivity index (χ4v) is 5.23. The van der Waals surface area contributed by atoms with E-state index in [1.54, 1.807) is 0 Å². The maximum absolute atomic E-state index is 6.10. The van der Waals surface area contributed by atoms with E-state index in [1.165, 1.54) is 31.2 Å². The van der Waals surface area contributed by atoms with Crippen LogP contribution < -0.4 is 21.7 Å². The third-order valence-corrected chi connectivity index (χ3v) is 7.33. The highest BCUT2D eigenvalue weighted by molar-refractivity contribution is 6.30. The summed E-state index contributed by atoms with van der Waals surface area (Å²) in [5, 5.41) is 11.3. The van der Waals surface area contributed by atoms with Gasteiger partial charge in [-0.3, -0.25) is 0 Å². The van der Waals surface area contributed by atoms with Crippen LogP contribution in [-0.4, -0.2) is 44.7 Å². The molecule has 2 aliphatic carbocycles. The van der Waals surface area contributed by atoms with Gasteiger partial charge in [0.1, 0.15) is 0 Å². The van der Waals surface area contributed by atoms with Crippen LogP contribution in [0.15, 0.2) is 30.6 Å². The number of imidazole rings is 1. The van der Waals surface area contributed by atoms with E-state index in [0.717, 1.165) is 67.3 Å². The molecule has 2 saturated carbocycles. The summed E-state index contributed by atoms with van der Waals surface area (Å²) < 4.78 is 2.26. The van der Waals surface area contributed by atoms with Gasteiger partial charge in [-0.1, -0.05) is 36.6 Å². The molecule has 0 spiro atoms. The number of hydrogen-bond acceptors (Lipinski definition) is 7. The molecule has 0 saturated heterocycles. The van der Waals surface area contributed by atoms with Gasteiger partial charge >= 0.3 is 0 Å². The summed E-state index contributed by atoms with van der Waals surface area (Å²) in [4.78, 5) is 14.5. The summed E-state index contributed by atoms with van der Waals surface area (Å²) in [6.07, 6.45) is 11.1. The molecule has 1 aromatic carbocycles. The minimum absolute atomic E-state index is 0.322. The van der Waals surface area contributed by atoms with Crippen molar-refractivity contribution in [2.75, 3.05) is 23.7 Å². The third-order valence-electron chi connectivity index (χ3n) is 7.08. The molecule has 0 radical (unpaired) electrons. The molecule has 0 amide bonds. The molecule has 0 unspecified atom stereocenters. The second-order valence-corrected chi connectivity index (χ2v) is 10.1. The van der Waals surface area contributed by atoms with Crippen molar-refractivity contribution < 1.29 is 0 Å². The van der Waals surface area contributed by atoms with E-state index in [1.807, 2.05) is 30.6 Å². The van der Waals surface area contributed by atoms with Crippen LogP contribution in [0.1, 0.15) is 63.0 Å². The lowest BCUT2D eigenvalue weighted by atomic mass is 9.92. The summed E-state index contributed by atoms with van der Waals surface area (Å²) in [7, 11) is 0. The molecule has 182 valence electrons. The van der Waals surface area contributed by atoms with Gasteiger partial charge in [0.25, 0.3) is 0 Å². The highest BCUT2D eigenvalue weighted by Gasteiger charge is 2.23. The van der Waals surface area contributed by atoms with Crippen LogP contribution >= 0.6 is 11.6 Å². The number of nitrogens with two attached hydrogens (primary N) is 1. The fraction of sp³-hybridized carbons (Fsp3) is 0.560. The summed E-state index contributed by atoms with van der Waals surface area (Å²) in [5.74, 6) is 1.48. The minimum atomic E-state index is 0.322. The molecule has 5 rings (SSSR count). The van der Waals surface area contributed by atoms with Crippen LogP contribution in [0.2, 0.25) is 5.02 Å². The van der Waals surface area contributed by atoms with Crippen LogP contribution in [0, 0.1) is 0 Å². The molecule has 2 aromatic heterocycles. The second-order valence-electron chi connectivity index (χ2n) is 9.64. The number of anilines is 2. The van der Waals surface area contributed by atoms with Crippen molar-refractivity contribution in [1.29, 1.82) is 0 Å². The molecular formula is C25H35ClN8. The van der Waals surface area contributed by atoms with Crippen LogP contribution in [0.25, 0.3) is 11.2 Å². The third kappa shape index (κ3) is 5.62. The molecule has 8 nitrogen and oxygen atoms in total. The van der Waals surface area contributed by atoms with Crippen molar-refractivity contribution in [3.63, 3.8) is 0 Å². The maximum atomic E-state index is 6.10. The van der Waals surface area contributed by atoms with E-state index in [2.05, 4.69) is 20.5 Å². The number of nitrogens with one attached hydrogen (secondary N) is 3. The van der Waals surface area contributed by atoms with Crippen molar-refractivity contribution in [3.05, 3.63) is 41.2 Å². The summed E-state index contributed by atoms with van der Waals surface area (Å²) in [6, 6.07) is 9.10. The molecule has 34 heavy (non-hydrogen) atoms. The van der Waals surface area contributed by atoms with Gasteiger partial charge in [-0.05, 0) is 56.2 Å². The smallest absolute Gasteiger partial charge is 0.227 e. The lowest BCUT2D eigenvalue weighted by Crippen LogP contribution is -2.33. The molecule has 0 aliphatic heterocycles. The van der Waals surface area contributed by atoms with Crippen LogP contribution in [0.5, 0.6) is 0 Å².